The molecule has 10 nitrogen and oxygen atoms in total. The molecule has 2 rings (SSSR count). The molecule has 0 saturated carbocycles. The van der Waals surface area contributed by atoms with Crippen molar-refractivity contribution in [2.24, 2.45) is 0 Å². The number of halogens is 1. The van der Waals surface area contributed by atoms with Gasteiger partial charge in [0.2, 0.25) is 0 Å². The van der Waals surface area contributed by atoms with E-state index in [1.807, 2.05) is 0 Å². The third-order valence-corrected chi connectivity index (χ3v) is 3.37. The number of carbonyl (C=O) groups excluding carboxylic acids is 1. The van der Waals surface area contributed by atoms with Crippen molar-refractivity contribution in [3.63, 3.8) is 0 Å². The van der Waals surface area contributed by atoms with Gasteiger partial charge in [-0.2, -0.15) is 0 Å². The Morgan fingerprint density at radius 2 is 1.91 bits per heavy atom. The molecule has 0 unspecified atom stereocenters. The molecule has 0 radical (unpaired) electrons. The largest absolute Gasteiger partial charge is 0.503 e. The molecular formula is C11H11BrN6O4. The number of rotatable bonds is 3. The molecule has 1 amide bonds. The summed E-state index contributed by atoms with van der Waals surface area (Å²) in [5, 5.41) is 16.8. The first-order chi connectivity index (χ1) is 10.3. The molecule has 4 N–H and O–H groups in total. The minimum absolute atomic E-state index is 0.0743. The van der Waals surface area contributed by atoms with Crippen LogP contribution in [-0.2, 0) is 0 Å². The monoisotopic (exact) mass is 370 g/mol. The molecular weight excluding hydrogens is 360 g/mol. The molecule has 0 aliphatic carbocycles. The van der Waals surface area contributed by atoms with Crippen LogP contribution >= 0.6 is 15.9 Å². The van der Waals surface area contributed by atoms with Crippen LogP contribution in [0, 0.1) is 0 Å². The standard InChI is InChI=1S/C11H11BrN6O4/c1-18(2)11(22)6-7(19)8(14-3-13-6)15-5-4(12)9(20)16-17-10(5)21/h3,19H,1-2H3,(H,17,21)(H2,13,14,15,16,20). The minimum atomic E-state index is -0.648. The van der Waals surface area contributed by atoms with Gasteiger partial charge in [-0.1, -0.05) is 0 Å². The number of hydrogen-bond donors (Lipinski definition) is 4. The van der Waals surface area contributed by atoms with Crippen molar-refractivity contribution in [1.29, 1.82) is 0 Å². The zero-order valence-electron chi connectivity index (χ0n) is 11.5. The van der Waals surface area contributed by atoms with Crippen LogP contribution < -0.4 is 16.4 Å². The Morgan fingerprint density at radius 3 is 2.55 bits per heavy atom. The van der Waals surface area contributed by atoms with Gasteiger partial charge in [-0.3, -0.25) is 24.6 Å². The van der Waals surface area contributed by atoms with Crippen LogP contribution in [0.4, 0.5) is 11.5 Å². The number of H-pyrrole nitrogens is 2. The topological polar surface area (TPSA) is 144 Å². The Morgan fingerprint density at radius 1 is 1.27 bits per heavy atom. The second kappa shape index (κ2) is 5.97. The summed E-state index contributed by atoms with van der Waals surface area (Å²) in [5.41, 5.74) is -1.63. The Hall–Kier alpha value is -2.69. The lowest BCUT2D eigenvalue weighted by molar-refractivity contribution is 0.0818. The number of amides is 1. The van der Waals surface area contributed by atoms with Crippen LogP contribution in [0.5, 0.6) is 5.75 Å². The third kappa shape index (κ3) is 2.83. The number of aromatic hydroxyl groups is 1. The molecule has 0 atom stereocenters. The van der Waals surface area contributed by atoms with Crippen molar-refractivity contribution in [3.8, 4) is 5.75 Å². The van der Waals surface area contributed by atoms with Gasteiger partial charge in [0.1, 0.15) is 16.5 Å². The molecule has 2 aromatic rings. The number of nitrogens with zero attached hydrogens (tertiary/aromatic N) is 3. The zero-order chi connectivity index (χ0) is 16.4. The molecule has 2 heterocycles. The highest BCUT2D eigenvalue weighted by Crippen LogP contribution is 2.27. The molecule has 116 valence electrons. The molecule has 0 aromatic carbocycles. The molecule has 11 heteroatoms. The van der Waals surface area contributed by atoms with Crippen molar-refractivity contribution in [3.05, 3.63) is 37.2 Å². The number of aromatic amines is 2. The Balaban J connectivity index is 2.51. The summed E-state index contributed by atoms with van der Waals surface area (Å²) in [6.45, 7) is 0. The Labute approximate surface area is 131 Å². The van der Waals surface area contributed by atoms with Gasteiger partial charge in [-0.25, -0.2) is 9.97 Å². The first-order valence-electron chi connectivity index (χ1n) is 5.86. The van der Waals surface area contributed by atoms with E-state index in [0.29, 0.717) is 0 Å². The average molecular weight is 371 g/mol. The van der Waals surface area contributed by atoms with Gasteiger partial charge in [0.05, 0.1) is 0 Å². The molecule has 0 aliphatic rings. The second-order valence-corrected chi connectivity index (χ2v) is 5.13. The minimum Gasteiger partial charge on any atom is -0.503 e. The summed E-state index contributed by atoms with van der Waals surface area (Å²) in [5.74, 6) is -1.26. The van der Waals surface area contributed by atoms with Gasteiger partial charge < -0.3 is 15.3 Å². The van der Waals surface area contributed by atoms with Crippen molar-refractivity contribution >= 4 is 33.3 Å². The summed E-state index contributed by atoms with van der Waals surface area (Å²) >= 11 is 2.96. The van der Waals surface area contributed by atoms with E-state index >= 15 is 0 Å². The molecule has 0 fully saturated rings. The van der Waals surface area contributed by atoms with E-state index in [4.69, 9.17) is 0 Å². The summed E-state index contributed by atoms with van der Waals surface area (Å²) in [6.07, 6.45) is 1.05. The van der Waals surface area contributed by atoms with Gasteiger partial charge in [0.15, 0.2) is 17.3 Å². The molecule has 0 bridgehead atoms. The van der Waals surface area contributed by atoms with E-state index in [1.54, 1.807) is 0 Å². The van der Waals surface area contributed by atoms with Gasteiger partial charge in [-0.05, 0) is 15.9 Å². The predicted octanol–water partition coefficient (Wildman–Crippen LogP) is -0.233. The first kappa shape index (κ1) is 15.7. The number of aromatic nitrogens is 4. The zero-order valence-corrected chi connectivity index (χ0v) is 13.1. The lowest BCUT2D eigenvalue weighted by Crippen LogP contribution is -2.24. The highest BCUT2D eigenvalue weighted by Gasteiger charge is 2.20. The van der Waals surface area contributed by atoms with Gasteiger partial charge in [0.25, 0.3) is 17.0 Å². The smallest absolute Gasteiger partial charge is 0.287 e. The van der Waals surface area contributed by atoms with Crippen molar-refractivity contribution in [1.82, 2.24) is 25.1 Å². The highest BCUT2D eigenvalue weighted by molar-refractivity contribution is 9.10. The fraction of sp³-hybridized carbons (Fsp3) is 0.182. The van der Waals surface area contributed by atoms with Crippen molar-refractivity contribution < 1.29 is 9.90 Å². The normalized spacial score (nSPS) is 10.3. The average Bonchev–Trinajstić information content (AvgIpc) is 2.48. The fourth-order valence-corrected chi connectivity index (χ4v) is 1.89. The maximum atomic E-state index is 11.9. The first-order valence-corrected chi connectivity index (χ1v) is 6.65. The SMILES string of the molecule is CN(C)C(=O)c1ncnc(Nc2c(Br)c(=O)[nH][nH]c2=O)c1O. The number of carbonyl (C=O) groups is 1. The molecule has 0 aliphatic heterocycles. The Kier molecular flexibility index (Phi) is 4.26. The molecule has 0 spiro atoms. The lowest BCUT2D eigenvalue weighted by atomic mass is 10.3. The van der Waals surface area contributed by atoms with E-state index in [0.717, 1.165) is 6.33 Å². The highest BCUT2D eigenvalue weighted by atomic mass is 79.9. The van der Waals surface area contributed by atoms with E-state index < -0.39 is 22.8 Å². The summed E-state index contributed by atoms with van der Waals surface area (Å²) < 4.78 is -0.0743. The maximum Gasteiger partial charge on any atom is 0.287 e. The van der Waals surface area contributed by atoms with Crippen LogP contribution in [0.25, 0.3) is 0 Å². The summed E-state index contributed by atoms with van der Waals surface area (Å²) in [6, 6.07) is 0. The van der Waals surface area contributed by atoms with Crippen LogP contribution in [-0.4, -0.2) is 50.2 Å². The van der Waals surface area contributed by atoms with Crippen molar-refractivity contribution in [2.45, 2.75) is 0 Å². The van der Waals surface area contributed by atoms with Gasteiger partial charge in [-0.15, -0.1) is 0 Å². The summed E-state index contributed by atoms with van der Waals surface area (Å²) in [4.78, 5) is 43.7. The summed E-state index contributed by atoms with van der Waals surface area (Å²) in [7, 11) is 2.99. The number of anilines is 2. The predicted molar refractivity (Wildman–Crippen MR) is 80.4 cm³/mol. The number of hydrogen-bond acceptors (Lipinski definition) is 7. The van der Waals surface area contributed by atoms with Crippen LogP contribution in [0.15, 0.2) is 20.4 Å². The van der Waals surface area contributed by atoms with E-state index in [1.165, 1.54) is 19.0 Å². The van der Waals surface area contributed by atoms with Gasteiger partial charge >= 0.3 is 0 Å². The molecule has 2 aromatic heterocycles. The van der Waals surface area contributed by atoms with E-state index in [2.05, 4.69) is 41.4 Å². The van der Waals surface area contributed by atoms with Crippen LogP contribution in [0.1, 0.15) is 10.5 Å². The Bertz CT molecular complexity index is 843. The van der Waals surface area contributed by atoms with E-state index in [-0.39, 0.29) is 21.7 Å². The fourth-order valence-electron chi connectivity index (χ4n) is 1.51. The lowest BCUT2D eigenvalue weighted by Gasteiger charge is -2.13. The quantitative estimate of drug-likeness (QED) is 0.583. The van der Waals surface area contributed by atoms with Crippen molar-refractivity contribution in [2.75, 3.05) is 19.4 Å². The third-order valence-electron chi connectivity index (χ3n) is 2.61. The maximum absolute atomic E-state index is 11.9. The van der Waals surface area contributed by atoms with Gasteiger partial charge in [0, 0.05) is 14.1 Å². The van der Waals surface area contributed by atoms with E-state index in [9.17, 15) is 19.5 Å². The van der Waals surface area contributed by atoms with Crippen LogP contribution in [0.2, 0.25) is 0 Å². The second-order valence-electron chi connectivity index (χ2n) is 4.34. The van der Waals surface area contributed by atoms with Crippen LogP contribution in [0.3, 0.4) is 0 Å². The molecule has 22 heavy (non-hydrogen) atoms. The molecule has 0 saturated heterocycles. The number of nitrogens with one attached hydrogen (secondary N) is 3.